The van der Waals surface area contributed by atoms with Crippen molar-refractivity contribution in [2.45, 2.75) is 22.6 Å². The van der Waals surface area contributed by atoms with Gasteiger partial charge in [-0.25, -0.2) is 16.8 Å². The van der Waals surface area contributed by atoms with Gasteiger partial charge in [-0.3, -0.25) is 9.10 Å². The quantitative estimate of drug-likeness (QED) is 0.393. The van der Waals surface area contributed by atoms with Crippen molar-refractivity contribution in [2.24, 2.45) is 0 Å². The molecule has 1 amide bonds. The SMILES string of the molecule is CN(c1ccccc1C(=O)NCCOc1ccc(S(=O)(=O)N2CCCC2)cc1)S(=O)(=O)c1ccccc1. The molecule has 11 heteroatoms. The Morgan fingerprint density at radius 2 is 1.49 bits per heavy atom. The maximum absolute atomic E-state index is 13.0. The fraction of sp³-hybridized carbons (Fsp3) is 0.269. The molecule has 0 bridgehead atoms. The first kappa shape index (κ1) is 26.6. The smallest absolute Gasteiger partial charge is 0.264 e. The van der Waals surface area contributed by atoms with Crippen LogP contribution in [0.3, 0.4) is 0 Å². The van der Waals surface area contributed by atoms with Crippen LogP contribution in [-0.2, 0) is 20.0 Å². The first-order valence-corrected chi connectivity index (χ1v) is 14.7. The van der Waals surface area contributed by atoms with Crippen molar-refractivity contribution in [1.29, 1.82) is 0 Å². The molecule has 4 rings (SSSR count). The van der Waals surface area contributed by atoms with Crippen LogP contribution in [0.4, 0.5) is 5.69 Å². The van der Waals surface area contributed by atoms with Gasteiger partial charge in [-0.05, 0) is 61.4 Å². The Morgan fingerprint density at radius 1 is 0.865 bits per heavy atom. The average Bonchev–Trinajstić information content (AvgIpc) is 3.47. The molecule has 1 heterocycles. The molecule has 0 atom stereocenters. The van der Waals surface area contributed by atoms with E-state index in [4.69, 9.17) is 4.74 Å². The molecule has 0 radical (unpaired) electrons. The minimum atomic E-state index is -3.85. The molecule has 3 aromatic carbocycles. The number of sulfonamides is 2. The summed E-state index contributed by atoms with van der Waals surface area (Å²) >= 11 is 0. The van der Waals surface area contributed by atoms with Crippen LogP contribution in [0.5, 0.6) is 5.75 Å². The molecule has 0 aliphatic carbocycles. The van der Waals surface area contributed by atoms with Crippen LogP contribution in [-0.4, -0.2) is 60.3 Å². The van der Waals surface area contributed by atoms with Crippen molar-refractivity contribution in [3.63, 3.8) is 0 Å². The molecule has 1 saturated heterocycles. The van der Waals surface area contributed by atoms with Gasteiger partial charge in [0.25, 0.3) is 15.9 Å². The van der Waals surface area contributed by atoms with E-state index in [0.717, 1.165) is 17.1 Å². The van der Waals surface area contributed by atoms with Crippen molar-refractivity contribution in [1.82, 2.24) is 9.62 Å². The van der Waals surface area contributed by atoms with Crippen LogP contribution in [0, 0.1) is 0 Å². The first-order valence-electron chi connectivity index (χ1n) is 11.9. The molecule has 0 unspecified atom stereocenters. The number of hydrogen-bond donors (Lipinski definition) is 1. The third-order valence-corrected chi connectivity index (χ3v) is 9.77. The minimum absolute atomic E-state index is 0.125. The fourth-order valence-corrected chi connectivity index (χ4v) is 6.79. The zero-order valence-electron chi connectivity index (χ0n) is 20.4. The number of nitrogens with one attached hydrogen (secondary N) is 1. The number of carbonyl (C=O) groups is 1. The lowest BCUT2D eigenvalue weighted by atomic mass is 10.1. The lowest BCUT2D eigenvalue weighted by Gasteiger charge is -2.22. The van der Waals surface area contributed by atoms with Crippen LogP contribution >= 0.6 is 0 Å². The summed E-state index contributed by atoms with van der Waals surface area (Å²) in [6.45, 7) is 1.38. The van der Waals surface area contributed by atoms with Crippen molar-refractivity contribution < 1.29 is 26.4 Å². The van der Waals surface area contributed by atoms with Gasteiger partial charge in [0.2, 0.25) is 10.0 Å². The first-order chi connectivity index (χ1) is 17.7. The number of carbonyl (C=O) groups excluding carboxylic acids is 1. The van der Waals surface area contributed by atoms with E-state index in [-0.39, 0.29) is 34.2 Å². The lowest BCUT2D eigenvalue weighted by Crippen LogP contribution is -2.32. The highest BCUT2D eigenvalue weighted by atomic mass is 32.2. The summed E-state index contributed by atoms with van der Waals surface area (Å²) in [6.07, 6.45) is 1.74. The zero-order chi connectivity index (χ0) is 26.5. The maximum atomic E-state index is 13.0. The highest BCUT2D eigenvalue weighted by Crippen LogP contribution is 2.26. The van der Waals surface area contributed by atoms with Gasteiger partial charge >= 0.3 is 0 Å². The van der Waals surface area contributed by atoms with E-state index in [9.17, 15) is 21.6 Å². The summed E-state index contributed by atoms with van der Waals surface area (Å²) in [5.41, 5.74) is 0.459. The van der Waals surface area contributed by atoms with Gasteiger partial charge < -0.3 is 10.1 Å². The van der Waals surface area contributed by atoms with Gasteiger partial charge in [-0.2, -0.15) is 4.31 Å². The molecule has 37 heavy (non-hydrogen) atoms. The van der Waals surface area contributed by atoms with Crippen molar-refractivity contribution in [3.8, 4) is 5.75 Å². The standard InChI is InChI=1S/C26H29N3O6S2/c1-28(36(31,32)22-9-3-2-4-10-22)25-12-6-5-11-24(25)26(30)27-17-20-35-21-13-15-23(16-14-21)37(33,34)29-18-7-8-19-29/h2-6,9-16H,7-8,17-20H2,1H3,(H,27,30). The molecule has 1 fully saturated rings. The van der Waals surface area contributed by atoms with E-state index in [1.807, 2.05) is 0 Å². The fourth-order valence-electron chi connectivity index (χ4n) is 4.03. The predicted octanol–water partition coefficient (Wildman–Crippen LogP) is 3.11. The molecule has 0 saturated carbocycles. The second-order valence-electron chi connectivity index (χ2n) is 8.49. The van der Waals surface area contributed by atoms with E-state index in [1.54, 1.807) is 54.6 Å². The molecule has 9 nitrogen and oxygen atoms in total. The number of ether oxygens (including phenoxy) is 1. The Morgan fingerprint density at radius 3 is 2.16 bits per heavy atom. The number of nitrogens with zero attached hydrogens (tertiary/aromatic N) is 2. The number of rotatable bonds is 10. The van der Waals surface area contributed by atoms with E-state index >= 15 is 0 Å². The average molecular weight is 544 g/mol. The summed E-state index contributed by atoms with van der Waals surface area (Å²) in [4.78, 5) is 13.2. The van der Waals surface area contributed by atoms with Crippen LogP contribution in [0.15, 0.2) is 88.7 Å². The van der Waals surface area contributed by atoms with Gasteiger partial charge in [-0.15, -0.1) is 0 Å². The molecular weight excluding hydrogens is 514 g/mol. The second-order valence-corrected chi connectivity index (χ2v) is 12.4. The summed E-state index contributed by atoms with van der Waals surface area (Å²) in [6, 6.07) is 20.7. The molecule has 3 aromatic rings. The number of anilines is 1. The summed E-state index contributed by atoms with van der Waals surface area (Å²) in [5.74, 6) is 0.0325. The van der Waals surface area contributed by atoms with Crippen LogP contribution in [0.25, 0.3) is 0 Å². The number of benzene rings is 3. The largest absolute Gasteiger partial charge is 0.492 e. The monoisotopic (exact) mass is 543 g/mol. The van der Waals surface area contributed by atoms with Gasteiger partial charge in [0.1, 0.15) is 12.4 Å². The number of para-hydroxylation sites is 1. The van der Waals surface area contributed by atoms with E-state index in [0.29, 0.717) is 18.8 Å². The Labute approximate surface area is 217 Å². The number of amides is 1. The van der Waals surface area contributed by atoms with Crippen LogP contribution < -0.4 is 14.4 Å². The summed E-state index contributed by atoms with van der Waals surface area (Å²) in [5, 5.41) is 2.74. The minimum Gasteiger partial charge on any atom is -0.492 e. The van der Waals surface area contributed by atoms with E-state index in [2.05, 4.69) is 5.32 Å². The van der Waals surface area contributed by atoms with E-state index in [1.165, 1.54) is 35.6 Å². The van der Waals surface area contributed by atoms with Crippen molar-refractivity contribution >= 4 is 31.6 Å². The lowest BCUT2D eigenvalue weighted by molar-refractivity contribution is 0.0947. The molecule has 1 aliphatic rings. The maximum Gasteiger partial charge on any atom is 0.264 e. The molecule has 1 aliphatic heterocycles. The van der Waals surface area contributed by atoms with E-state index < -0.39 is 26.0 Å². The van der Waals surface area contributed by atoms with Crippen molar-refractivity contribution in [2.75, 3.05) is 37.6 Å². The van der Waals surface area contributed by atoms with Gasteiger partial charge in [-0.1, -0.05) is 30.3 Å². The topological polar surface area (TPSA) is 113 Å². The third-order valence-electron chi connectivity index (χ3n) is 6.07. The Hall–Kier alpha value is -3.41. The van der Waals surface area contributed by atoms with Gasteiger partial charge in [0.15, 0.2) is 0 Å². The Bertz CT molecular complexity index is 1440. The summed E-state index contributed by atoms with van der Waals surface area (Å²) in [7, 11) is -5.93. The van der Waals surface area contributed by atoms with Crippen molar-refractivity contribution in [3.05, 3.63) is 84.4 Å². The second kappa shape index (κ2) is 11.3. The summed E-state index contributed by atoms with van der Waals surface area (Å²) < 4.78 is 59.5. The zero-order valence-corrected chi connectivity index (χ0v) is 22.0. The van der Waals surface area contributed by atoms with Crippen LogP contribution in [0.2, 0.25) is 0 Å². The van der Waals surface area contributed by atoms with Gasteiger partial charge in [0, 0.05) is 20.1 Å². The molecular formula is C26H29N3O6S2. The molecule has 196 valence electrons. The Balaban J connectivity index is 1.35. The highest BCUT2D eigenvalue weighted by molar-refractivity contribution is 7.92. The normalized spacial score (nSPS) is 14.3. The van der Waals surface area contributed by atoms with Crippen LogP contribution in [0.1, 0.15) is 23.2 Å². The van der Waals surface area contributed by atoms with Gasteiger partial charge in [0.05, 0.1) is 27.6 Å². The highest BCUT2D eigenvalue weighted by Gasteiger charge is 2.27. The molecule has 1 N–H and O–H groups in total. The predicted molar refractivity (Wildman–Crippen MR) is 141 cm³/mol. The number of hydrogen-bond acceptors (Lipinski definition) is 6. The third kappa shape index (κ3) is 5.95. The molecule has 0 aromatic heterocycles. The Kier molecular flexibility index (Phi) is 8.16. The molecule has 0 spiro atoms.